The average molecular weight is 325 g/mol. The van der Waals surface area contributed by atoms with Crippen LogP contribution >= 0.6 is 35.6 Å². The lowest BCUT2D eigenvalue weighted by molar-refractivity contribution is 0.265. The van der Waals surface area contributed by atoms with Crippen LogP contribution in [0.15, 0.2) is 27.6 Å². The Labute approximate surface area is 125 Å². The van der Waals surface area contributed by atoms with E-state index in [1.54, 1.807) is 0 Å². The van der Waals surface area contributed by atoms with Gasteiger partial charge in [0.1, 0.15) is 0 Å². The van der Waals surface area contributed by atoms with E-state index >= 15 is 0 Å². The first-order chi connectivity index (χ1) is 8.52. The van der Waals surface area contributed by atoms with E-state index in [0.29, 0.717) is 21.6 Å². The van der Waals surface area contributed by atoms with E-state index in [2.05, 4.69) is 0 Å². The van der Waals surface area contributed by atoms with Crippen LogP contribution < -0.4 is 11.2 Å². The molecule has 1 aromatic heterocycles. The number of rotatable bonds is 3. The highest BCUT2D eigenvalue weighted by molar-refractivity contribution is 6.38. The van der Waals surface area contributed by atoms with Gasteiger partial charge in [0.05, 0.1) is 23.3 Å². The fraction of sp³-hybridized carbons (Fsp3) is 0.250. The highest BCUT2D eigenvalue weighted by atomic mass is 35.5. The number of nitrogens with two attached hydrogens (primary N) is 1. The zero-order chi connectivity index (χ0) is 13.3. The van der Waals surface area contributed by atoms with Gasteiger partial charge in [0, 0.05) is 16.6 Å². The molecule has 0 spiro atoms. The van der Waals surface area contributed by atoms with Crippen molar-refractivity contribution in [2.75, 3.05) is 6.61 Å². The topological polar surface area (TPSA) is 76.5 Å². The Morgan fingerprint density at radius 1 is 1.37 bits per heavy atom. The number of hydrogen-bond acceptors (Lipinski definition) is 4. The normalized spacial score (nSPS) is 12.2. The smallest absolute Gasteiger partial charge is 0.196 e. The summed E-state index contributed by atoms with van der Waals surface area (Å²) in [5, 5.41) is 9.85. The van der Waals surface area contributed by atoms with Crippen molar-refractivity contribution in [3.8, 4) is 0 Å². The van der Waals surface area contributed by atoms with E-state index in [0.717, 1.165) is 0 Å². The molecule has 1 heterocycles. The molecule has 1 aromatic carbocycles. The molecule has 0 amide bonds. The molecule has 0 aliphatic rings. The summed E-state index contributed by atoms with van der Waals surface area (Å²) in [6.07, 6.45) is 1.55. The van der Waals surface area contributed by atoms with Gasteiger partial charge in [-0.1, -0.05) is 23.2 Å². The molecule has 0 aliphatic carbocycles. The van der Waals surface area contributed by atoms with Crippen molar-refractivity contribution in [2.45, 2.75) is 12.5 Å². The van der Waals surface area contributed by atoms with Gasteiger partial charge < -0.3 is 15.3 Å². The minimum Gasteiger partial charge on any atom is -0.462 e. The van der Waals surface area contributed by atoms with E-state index in [1.807, 2.05) is 0 Å². The third-order valence-electron chi connectivity index (χ3n) is 2.58. The first-order valence-corrected chi connectivity index (χ1v) is 6.04. The zero-order valence-electron chi connectivity index (χ0n) is 9.73. The molecule has 0 saturated carbocycles. The molecule has 0 aliphatic heterocycles. The zero-order valence-corrected chi connectivity index (χ0v) is 12.1. The summed E-state index contributed by atoms with van der Waals surface area (Å²) in [5.74, 6) is 0. The summed E-state index contributed by atoms with van der Waals surface area (Å²) >= 11 is 11.8. The lowest BCUT2D eigenvalue weighted by Gasteiger charge is -2.08. The molecule has 2 rings (SSSR count). The third kappa shape index (κ3) is 3.41. The monoisotopic (exact) mass is 323 g/mol. The van der Waals surface area contributed by atoms with Gasteiger partial charge in [-0.2, -0.15) is 0 Å². The van der Waals surface area contributed by atoms with Crippen molar-refractivity contribution in [3.63, 3.8) is 0 Å². The quantitative estimate of drug-likeness (QED) is 0.909. The molecule has 4 nitrogen and oxygen atoms in total. The molecular formula is C12H12Cl3NO3. The third-order valence-corrected chi connectivity index (χ3v) is 3.08. The largest absolute Gasteiger partial charge is 0.462 e. The predicted octanol–water partition coefficient (Wildman–Crippen LogP) is 2.38. The summed E-state index contributed by atoms with van der Waals surface area (Å²) in [6, 6.07) is 2.51. The van der Waals surface area contributed by atoms with Gasteiger partial charge in [-0.05, 0) is 18.6 Å². The van der Waals surface area contributed by atoms with Gasteiger partial charge in [-0.3, -0.25) is 4.79 Å². The van der Waals surface area contributed by atoms with Gasteiger partial charge in [-0.15, -0.1) is 12.4 Å². The van der Waals surface area contributed by atoms with Gasteiger partial charge in [-0.25, -0.2) is 0 Å². The molecule has 2 aromatic rings. The maximum absolute atomic E-state index is 12.2. The van der Waals surface area contributed by atoms with Gasteiger partial charge in [0.2, 0.25) is 0 Å². The Hall–Kier alpha value is -0.780. The van der Waals surface area contributed by atoms with Crippen LogP contribution in [0.5, 0.6) is 0 Å². The van der Waals surface area contributed by atoms with E-state index in [1.165, 1.54) is 18.4 Å². The molecule has 1 atom stereocenters. The number of aliphatic hydroxyl groups excluding tert-OH is 1. The molecule has 7 heteroatoms. The van der Waals surface area contributed by atoms with Crippen LogP contribution in [0.1, 0.15) is 5.56 Å². The average Bonchev–Trinajstić information content (AvgIpc) is 2.33. The van der Waals surface area contributed by atoms with Crippen molar-refractivity contribution in [3.05, 3.63) is 44.2 Å². The molecule has 0 bridgehead atoms. The molecule has 3 N–H and O–H groups in total. The van der Waals surface area contributed by atoms with Crippen molar-refractivity contribution >= 4 is 46.6 Å². The molecule has 0 fully saturated rings. The number of hydrogen-bond donors (Lipinski definition) is 2. The number of benzene rings is 1. The summed E-state index contributed by atoms with van der Waals surface area (Å²) in [7, 11) is 0. The summed E-state index contributed by atoms with van der Waals surface area (Å²) in [6.45, 7) is -0.201. The minimum absolute atomic E-state index is 0. The standard InChI is InChI=1S/C12H11Cl2NO3.ClH/c13-7-2-9-11(17)6(1-8(15)4-16)5-18-12(9)10(14)3-7;/h2-3,5,8,16H,1,4,15H2;1H. The number of halogens is 3. The van der Waals surface area contributed by atoms with Crippen molar-refractivity contribution < 1.29 is 9.52 Å². The van der Waals surface area contributed by atoms with Crippen LogP contribution in [-0.4, -0.2) is 17.8 Å². The first-order valence-electron chi connectivity index (χ1n) is 5.28. The predicted molar refractivity (Wildman–Crippen MR) is 78.5 cm³/mol. The molecule has 0 saturated heterocycles. The highest BCUT2D eigenvalue weighted by Crippen LogP contribution is 2.26. The second-order valence-corrected chi connectivity index (χ2v) is 4.84. The Kier molecular flexibility index (Phi) is 5.64. The van der Waals surface area contributed by atoms with Crippen LogP contribution in [-0.2, 0) is 6.42 Å². The van der Waals surface area contributed by atoms with Crippen LogP contribution in [0.2, 0.25) is 10.0 Å². The Morgan fingerprint density at radius 2 is 2.05 bits per heavy atom. The fourth-order valence-corrected chi connectivity index (χ4v) is 2.23. The van der Waals surface area contributed by atoms with Crippen molar-refractivity contribution in [2.24, 2.45) is 5.73 Å². The Balaban J connectivity index is 0.00000180. The van der Waals surface area contributed by atoms with E-state index in [-0.39, 0.29) is 35.9 Å². The van der Waals surface area contributed by atoms with E-state index in [9.17, 15) is 4.79 Å². The van der Waals surface area contributed by atoms with Gasteiger partial charge in [0.15, 0.2) is 11.0 Å². The summed E-state index contributed by atoms with van der Waals surface area (Å²) < 4.78 is 5.33. The van der Waals surface area contributed by atoms with Crippen molar-refractivity contribution in [1.82, 2.24) is 0 Å². The first kappa shape index (κ1) is 16.3. The minimum atomic E-state index is -0.500. The molecule has 19 heavy (non-hydrogen) atoms. The SMILES string of the molecule is Cl.NC(CO)Cc1coc2c(Cl)cc(Cl)cc2c1=O. The summed E-state index contributed by atoms with van der Waals surface area (Å²) in [5.41, 5.74) is 6.05. The molecule has 0 radical (unpaired) electrons. The van der Waals surface area contributed by atoms with Crippen molar-refractivity contribution in [1.29, 1.82) is 0 Å². The molecular weight excluding hydrogens is 312 g/mol. The van der Waals surface area contributed by atoms with Gasteiger partial charge in [0.25, 0.3) is 0 Å². The van der Waals surface area contributed by atoms with Crippen LogP contribution in [0, 0.1) is 0 Å². The van der Waals surface area contributed by atoms with Gasteiger partial charge >= 0.3 is 0 Å². The molecule has 104 valence electrons. The highest BCUT2D eigenvalue weighted by Gasteiger charge is 2.13. The van der Waals surface area contributed by atoms with E-state index in [4.69, 9.17) is 38.5 Å². The second-order valence-electron chi connectivity index (χ2n) is 4.00. The Morgan fingerprint density at radius 3 is 2.68 bits per heavy atom. The van der Waals surface area contributed by atoms with Crippen LogP contribution in [0.4, 0.5) is 0 Å². The molecule has 1 unspecified atom stereocenters. The second kappa shape index (κ2) is 6.59. The number of fused-ring (bicyclic) bond motifs is 1. The summed E-state index contributed by atoms with van der Waals surface area (Å²) in [4.78, 5) is 12.2. The fourth-order valence-electron chi connectivity index (χ4n) is 1.69. The lowest BCUT2D eigenvalue weighted by atomic mass is 10.1. The Bertz CT molecular complexity index is 642. The maximum Gasteiger partial charge on any atom is 0.196 e. The maximum atomic E-state index is 12.2. The van der Waals surface area contributed by atoms with Crippen LogP contribution in [0.3, 0.4) is 0 Å². The number of aliphatic hydroxyl groups is 1. The lowest BCUT2D eigenvalue weighted by Crippen LogP contribution is -2.29. The van der Waals surface area contributed by atoms with E-state index < -0.39 is 6.04 Å². The van der Waals surface area contributed by atoms with Crippen LogP contribution in [0.25, 0.3) is 11.0 Å².